The fourth-order valence-corrected chi connectivity index (χ4v) is 5.26. The Bertz CT molecular complexity index is 355. The highest BCUT2D eigenvalue weighted by Crippen LogP contribution is 2.59. The van der Waals surface area contributed by atoms with Gasteiger partial charge in [-0.2, -0.15) is 5.10 Å². The minimum atomic E-state index is -2.67. The molecule has 0 radical (unpaired) electrons. The summed E-state index contributed by atoms with van der Waals surface area (Å²) in [5, 5.41) is 6.78. The molecule has 0 bridgehead atoms. The van der Waals surface area contributed by atoms with E-state index in [9.17, 15) is 4.57 Å². The first-order valence-electron chi connectivity index (χ1n) is 7.37. The van der Waals surface area contributed by atoms with Gasteiger partial charge in [-0.1, -0.05) is 27.7 Å². The van der Waals surface area contributed by atoms with Gasteiger partial charge < -0.3 is 5.01 Å². The molecule has 20 heavy (non-hydrogen) atoms. The lowest BCUT2D eigenvalue weighted by atomic mass is 10.5. The Kier molecular flexibility index (Phi) is 9.03. The van der Waals surface area contributed by atoms with Gasteiger partial charge in [-0.25, -0.2) is 9.34 Å². The predicted molar refractivity (Wildman–Crippen MR) is 89.4 cm³/mol. The first-order valence-corrected chi connectivity index (χ1v) is 8.99. The zero-order chi connectivity index (χ0) is 15.8. The Labute approximate surface area is 124 Å². The number of nitrogens with zero attached hydrogens (tertiary/aromatic N) is 4. The largest absolute Gasteiger partial charge is 0.303 e. The Morgan fingerprint density at radius 2 is 1.40 bits per heavy atom. The third kappa shape index (κ3) is 4.72. The monoisotopic (exact) mass is 302 g/mol. The molecule has 0 N–H and O–H groups in total. The second-order valence-electron chi connectivity index (χ2n) is 4.74. The Morgan fingerprint density at radius 1 is 1.00 bits per heavy atom. The van der Waals surface area contributed by atoms with Crippen molar-refractivity contribution < 1.29 is 4.57 Å². The molecule has 0 heterocycles. The van der Waals surface area contributed by atoms with Crippen LogP contribution in [0.3, 0.4) is 0 Å². The standard InChI is InChI=1S/C14H31N4OP/c1-8-17(9-2)20(19,18(10-3)11-4)14(5)12-13-15-16(6)7/h12-13H,8-11H2,1-7H3/b14-12+,15-13+. The van der Waals surface area contributed by atoms with Crippen molar-refractivity contribution in [3.63, 3.8) is 0 Å². The van der Waals surface area contributed by atoms with Crippen molar-refractivity contribution >= 4 is 13.7 Å². The Morgan fingerprint density at radius 3 is 1.70 bits per heavy atom. The molecule has 0 atom stereocenters. The first-order chi connectivity index (χ1) is 9.38. The molecule has 6 heteroatoms. The van der Waals surface area contributed by atoms with E-state index >= 15 is 0 Å². The van der Waals surface area contributed by atoms with Gasteiger partial charge in [0, 0.05) is 51.8 Å². The quantitative estimate of drug-likeness (QED) is 0.372. The van der Waals surface area contributed by atoms with Crippen LogP contribution < -0.4 is 0 Å². The molecule has 0 fully saturated rings. The molecule has 0 saturated heterocycles. The summed E-state index contributed by atoms with van der Waals surface area (Å²) < 4.78 is 17.8. The molecule has 0 aromatic carbocycles. The Hall–Kier alpha value is -0.640. The van der Waals surface area contributed by atoms with Gasteiger partial charge in [0.25, 0.3) is 0 Å². The maximum absolute atomic E-state index is 13.6. The highest BCUT2D eigenvalue weighted by Gasteiger charge is 2.35. The van der Waals surface area contributed by atoms with Gasteiger partial charge in [0.1, 0.15) is 0 Å². The highest BCUT2D eigenvalue weighted by molar-refractivity contribution is 7.63. The minimum absolute atomic E-state index is 0.778. The van der Waals surface area contributed by atoms with Crippen LogP contribution in [0.15, 0.2) is 16.5 Å². The molecule has 0 aromatic rings. The maximum Gasteiger partial charge on any atom is 0.241 e. The first kappa shape index (κ1) is 19.4. The molecular weight excluding hydrogens is 271 g/mol. The van der Waals surface area contributed by atoms with E-state index in [2.05, 4.69) is 42.1 Å². The van der Waals surface area contributed by atoms with Crippen molar-refractivity contribution in [3.8, 4) is 0 Å². The number of hydrogen-bond donors (Lipinski definition) is 0. The van der Waals surface area contributed by atoms with Crippen LogP contribution in [-0.2, 0) is 4.57 Å². The van der Waals surface area contributed by atoms with Crippen LogP contribution in [0.1, 0.15) is 34.6 Å². The van der Waals surface area contributed by atoms with Gasteiger partial charge in [0.2, 0.25) is 7.44 Å². The summed E-state index contributed by atoms with van der Waals surface area (Å²) >= 11 is 0. The van der Waals surface area contributed by atoms with Crippen LogP contribution >= 0.6 is 7.44 Å². The number of hydrazone groups is 1. The van der Waals surface area contributed by atoms with Crippen LogP contribution in [-0.4, -0.2) is 60.8 Å². The third-order valence-corrected chi connectivity index (χ3v) is 7.03. The topological polar surface area (TPSA) is 39.2 Å². The lowest BCUT2D eigenvalue weighted by molar-refractivity contribution is 0.365. The number of rotatable bonds is 9. The molecule has 0 amide bonds. The summed E-state index contributed by atoms with van der Waals surface area (Å²) in [5.74, 6) is 0. The van der Waals surface area contributed by atoms with Gasteiger partial charge >= 0.3 is 0 Å². The highest BCUT2D eigenvalue weighted by atomic mass is 31.2. The number of allylic oxidation sites excluding steroid dienone is 2. The van der Waals surface area contributed by atoms with E-state index in [-0.39, 0.29) is 0 Å². The van der Waals surface area contributed by atoms with Gasteiger partial charge in [-0.05, 0) is 13.0 Å². The molecule has 0 spiro atoms. The Balaban J connectivity index is 5.58. The molecule has 0 saturated carbocycles. The average molecular weight is 302 g/mol. The molecule has 0 rings (SSSR count). The van der Waals surface area contributed by atoms with E-state index in [4.69, 9.17) is 0 Å². The van der Waals surface area contributed by atoms with Crippen molar-refractivity contribution in [2.24, 2.45) is 5.10 Å². The van der Waals surface area contributed by atoms with Crippen LogP contribution in [0.4, 0.5) is 0 Å². The molecule has 118 valence electrons. The molecule has 0 aromatic heterocycles. The van der Waals surface area contributed by atoms with Gasteiger partial charge in [0.05, 0.1) is 0 Å². The van der Waals surface area contributed by atoms with E-state index in [1.165, 1.54) is 0 Å². The van der Waals surface area contributed by atoms with Crippen molar-refractivity contribution in [2.45, 2.75) is 34.6 Å². The summed E-state index contributed by atoms with van der Waals surface area (Å²) in [5.41, 5.74) is 0. The summed E-state index contributed by atoms with van der Waals surface area (Å²) in [6.07, 6.45) is 3.59. The summed E-state index contributed by atoms with van der Waals surface area (Å²) in [6.45, 7) is 13.3. The third-order valence-electron chi connectivity index (χ3n) is 3.30. The zero-order valence-electron chi connectivity index (χ0n) is 14.1. The van der Waals surface area contributed by atoms with E-state index in [1.54, 1.807) is 11.2 Å². The van der Waals surface area contributed by atoms with E-state index in [0.717, 1.165) is 31.5 Å². The normalized spacial score (nSPS) is 13.8. The van der Waals surface area contributed by atoms with Crippen molar-refractivity contribution in [3.05, 3.63) is 11.4 Å². The molecule has 5 nitrogen and oxygen atoms in total. The van der Waals surface area contributed by atoms with Crippen molar-refractivity contribution in [1.29, 1.82) is 0 Å². The molecule has 0 unspecified atom stereocenters. The smallest absolute Gasteiger partial charge is 0.241 e. The second kappa shape index (κ2) is 9.32. The number of hydrogen-bond acceptors (Lipinski definition) is 3. The van der Waals surface area contributed by atoms with Crippen molar-refractivity contribution in [2.75, 3.05) is 40.3 Å². The lowest BCUT2D eigenvalue weighted by Crippen LogP contribution is -2.32. The van der Waals surface area contributed by atoms with Gasteiger partial charge in [-0.3, -0.25) is 4.57 Å². The SMILES string of the molecule is CCN(CC)P(=O)(/C(C)=C/C=N/N(C)C)N(CC)CC. The molecule has 0 aliphatic rings. The van der Waals surface area contributed by atoms with E-state index in [0.29, 0.717) is 0 Å². The molecular formula is C14H31N4OP. The molecule has 0 aliphatic carbocycles. The summed E-state index contributed by atoms with van der Waals surface area (Å²) in [6, 6.07) is 0. The predicted octanol–water partition coefficient (Wildman–Crippen LogP) is 3.31. The van der Waals surface area contributed by atoms with Crippen LogP contribution in [0.5, 0.6) is 0 Å². The summed E-state index contributed by atoms with van der Waals surface area (Å²) in [4.78, 5) is 0. The lowest BCUT2D eigenvalue weighted by Gasteiger charge is -2.38. The fraction of sp³-hybridized carbons (Fsp3) is 0.786. The van der Waals surface area contributed by atoms with Crippen molar-refractivity contribution in [1.82, 2.24) is 14.3 Å². The zero-order valence-corrected chi connectivity index (χ0v) is 15.0. The maximum atomic E-state index is 13.6. The van der Waals surface area contributed by atoms with Crippen LogP contribution in [0.2, 0.25) is 0 Å². The average Bonchev–Trinajstić information content (AvgIpc) is 2.40. The van der Waals surface area contributed by atoms with Gasteiger partial charge in [-0.15, -0.1) is 0 Å². The fourth-order valence-electron chi connectivity index (χ4n) is 2.21. The second-order valence-corrected chi connectivity index (χ2v) is 7.67. The van der Waals surface area contributed by atoms with Crippen LogP contribution in [0, 0.1) is 0 Å². The van der Waals surface area contributed by atoms with Crippen LogP contribution in [0.25, 0.3) is 0 Å². The van der Waals surface area contributed by atoms with E-state index < -0.39 is 7.44 Å². The summed E-state index contributed by atoms with van der Waals surface area (Å²) in [7, 11) is 1.07. The molecule has 0 aliphatic heterocycles. The van der Waals surface area contributed by atoms with E-state index in [1.807, 2.05) is 27.1 Å². The minimum Gasteiger partial charge on any atom is -0.303 e. The van der Waals surface area contributed by atoms with Gasteiger partial charge in [0.15, 0.2) is 0 Å².